The zero-order chi connectivity index (χ0) is 18.5. The van der Waals surface area contributed by atoms with Crippen molar-refractivity contribution in [3.63, 3.8) is 0 Å². The molecule has 26 heavy (non-hydrogen) atoms. The number of amides is 1. The summed E-state index contributed by atoms with van der Waals surface area (Å²) in [6.45, 7) is 4.63. The maximum atomic E-state index is 12.6. The number of hydrogen-bond acceptors (Lipinski definition) is 6. The molecule has 7 nitrogen and oxygen atoms in total. The average molecular weight is 376 g/mol. The van der Waals surface area contributed by atoms with Gasteiger partial charge in [-0.25, -0.2) is 4.63 Å². The number of hydrogen-bond donors (Lipinski definition) is 0. The third kappa shape index (κ3) is 4.05. The molecule has 1 amide bonds. The average Bonchev–Trinajstić information content (AvgIpc) is 3.27. The first-order valence-corrected chi connectivity index (χ1v) is 8.49. The molecule has 0 N–H and O–H groups in total. The Morgan fingerprint density at radius 1 is 1.23 bits per heavy atom. The Kier molecular flexibility index (Phi) is 5.58. The molecule has 0 aliphatic rings. The van der Waals surface area contributed by atoms with Crippen molar-refractivity contribution in [1.82, 2.24) is 15.2 Å². The van der Waals surface area contributed by atoms with Crippen molar-refractivity contribution in [2.24, 2.45) is 0 Å². The molecule has 0 aliphatic carbocycles. The summed E-state index contributed by atoms with van der Waals surface area (Å²) in [4.78, 5) is 14.2. The lowest BCUT2D eigenvalue weighted by Gasteiger charge is -2.18. The maximum Gasteiger partial charge on any atom is 0.289 e. The van der Waals surface area contributed by atoms with Gasteiger partial charge < -0.3 is 14.1 Å². The van der Waals surface area contributed by atoms with Crippen LogP contribution in [0.2, 0.25) is 5.02 Å². The number of carbonyl (C=O) groups excluding carboxylic acids is 1. The largest absolute Gasteiger partial charge is 0.484 e. The fourth-order valence-electron chi connectivity index (χ4n) is 2.34. The van der Waals surface area contributed by atoms with E-state index < -0.39 is 0 Å². The number of ether oxygens (including phenoxy) is 1. The van der Waals surface area contributed by atoms with Crippen LogP contribution in [0.4, 0.5) is 0 Å². The van der Waals surface area contributed by atoms with E-state index >= 15 is 0 Å². The third-order valence-corrected chi connectivity index (χ3v) is 4.15. The number of nitrogens with zero attached hydrogens (tertiary/aromatic N) is 3. The van der Waals surface area contributed by atoms with Crippen LogP contribution in [-0.2, 0) is 13.2 Å². The second-order valence-electron chi connectivity index (χ2n) is 5.60. The first-order chi connectivity index (χ1) is 12.6. The van der Waals surface area contributed by atoms with Crippen LogP contribution in [0.3, 0.4) is 0 Å². The molecular formula is C18H18ClN3O4. The molecular weight excluding hydrogens is 358 g/mol. The van der Waals surface area contributed by atoms with E-state index in [1.165, 1.54) is 0 Å². The molecule has 0 atom stereocenters. The van der Waals surface area contributed by atoms with Gasteiger partial charge in [0.1, 0.15) is 29.5 Å². The van der Waals surface area contributed by atoms with E-state index in [0.29, 0.717) is 41.0 Å². The monoisotopic (exact) mass is 375 g/mol. The zero-order valence-electron chi connectivity index (χ0n) is 14.4. The standard InChI is InChI=1S/C18H18ClN3O4/c1-3-22(10-15-12(2)20-26-21-15)18(23)17-9-8-13(25-17)11-24-16-7-5-4-6-14(16)19/h4-9H,3,10-11H2,1-2H3. The summed E-state index contributed by atoms with van der Waals surface area (Å²) in [5, 5.41) is 8.06. The summed E-state index contributed by atoms with van der Waals surface area (Å²) in [6, 6.07) is 10.5. The number of aromatic nitrogens is 2. The van der Waals surface area contributed by atoms with Crippen molar-refractivity contribution in [3.8, 4) is 5.75 Å². The Balaban J connectivity index is 1.65. The molecule has 8 heteroatoms. The van der Waals surface area contributed by atoms with Crippen LogP contribution in [0.1, 0.15) is 34.6 Å². The molecule has 2 aromatic heterocycles. The Morgan fingerprint density at radius 2 is 2.04 bits per heavy atom. The third-order valence-electron chi connectivity index (χ3n) is 3.83. The SMILES string of the molecule is CCN(Cc1nonc1C)C(=O)c1ccc(COc2ccccc2Cl)o1. The minimum Gasteiger partial charge on any atom is -0.484 e. The van der Waals surface area contributed by atoms with Gasteiger partial charge in [0.15, 0.2) is 5.76 Å². The molecule has 0 fully saturated rings. The van der Waals surface area contributed by atoms with E-state index in [0.717, 1.165) is 0 Å². The quantitative estimate of drug-likeness (QED) is 0.623. The lowest BCUT2D eigenvalue weighted by Crippen LogP contribution is -2.30. The van der Waals surface area contributed by atoms with Gasteiger partial charge in [0.2, 0.25) is 0 Å². The van der Waals surface area contributed by atoms with Crippen molar-refractivity contribution in [2.75, 3.05) is 6.54 Å². The highest BCUT2D eigenvalue weighted by molar-refractivity contribution is 6.32. The van der Waals surface area contributed by atoms with Gasteiger partial charge in [-0.05, 0) is 38.1 Å². The second kappa shape index (κ2) is 8.05. The summed E-state index contributed by atoms with van der Waals surface area (Å²) >= 11 is 6.05. The van der Waals surface area contributed by atoms with Crippen LogP contribution in [0.25, 0.3) is 0 Å². The van der Waals surface area contributed by atoms with Gasteiger partial charge in [0, 0.05) is 6.54 Å². The number of furan rings is 1. The van der Waals surface area contributed by atoms with Crippen molar-refractivity contribution in [2.45, 2.75) is 27.0 Å². The minimum atomic E-state index is -0.237. The van der Waals surface area contributed by atoms with Crippen molar-refractivity contribution in [3.05, 3.63) is 64.3 Å². The van der Waals surface area contributed by atoms with Gasteiger partial charge in [0.05, 0.1) is 11.6 Å². The molecule has 1 aromatic carbocycles. The summed E-state index contributed by atoms with van der Waals surface area (Å²) in [6.07, 6.45) is 0. The summed E-state index contributed by atoms with van der Waals surface area (Å²) < 4.78 is 15.9. The number of halogens is 1. The van der Waals surface area contributed by atoms with E-state index in [4.69, 9.17) is 20.8 Å². The molecule has 0 radical (unpaired) electrons. The van der Waals surface area contributed by atoms with Crippen LogP contribution in [0.5, 0.6) is 5.75 Å². The van der Waals surface area contributed by atoms with Crippen molar-refractivity contribution in [1.29, 1.82) is 0 Å². The van der Waals surface area contributed by atoms with E-state index in [9.17, 15) is 4.79 Å². The molecule has 2 heterocycles. The molecule has 0 saturated heterocycles. The summed E-state index contributed by atoms with van der Waals surface area (Å²) in [5.74, 6) is 1.09. The van der Waals surface area contributed by atoms with Gasteiger partial charge >= 0.3 is 0 Å². The minimum absolute atomic E-state index is 0.176. The fourth-order valence-corrected chi connectivity index (χ4v) is 2.53. The van der Waals surface area contributed by atoms with Gasteiger partial charge in [0.25, 0.3) is 5.91 Å². The molecule has 0 unspecified atom stereocenters. The highest BCUT2D eigenvalue weighted by atomic mass is 35.5. The molecule has 3 rings (SSSR count). The van der Waals surface area contributed by atoms with Crippen LogP contribution < -0.4 is 4.74 Å². The number of benzene rings is 1. The zero-order valence-corrected chi connectivity index (χ0v) is 15.2. The molecule has 0 bridgehead atoms. The van der Waals surface area contributed by atoms with Gasteiger partial charge in [-0.1, -0.05) is 34.0 Å². The Bertz CT molecular complexity index is 890. The molecule has 0 aliphatic heterocycles. The Labute approximate surface area is 155 Å². The Morgan fingerprint density at radius 3 is 2.73 bits per heavy atom. The van der Waals surface area contributed by atoms with E-state index in [2.05, 4.69) is 14.9 Å². The van der Waals surface area contributed by atoms with E-state index in [1.807, 2.05) is 19.1 Å². The fraction of sp³-hybridized carbons (Fsp3) is 0.278. The molecule has 0 saturated carbocycles. The molecule has 0 spiro atoms. The van der Waals surface area contributed by atoms with Crippen LogP contribution in [-0.4, -0.2) is 27.7 Å². The lowest BCUT2D eigenvalue weighted by atomic mass is 10.3. The first kappa shape index (κ1) is 18.0. The van der Waals surface area contributed by atoms with Crippen molar-refractivity contribution < 1.29 is 18.6 Å². The van der Waals surface area contributed by atoms with Crippen LogP contribution >= 0.6 is 11.6 Å². The second-order valence-corrected chi connectivity index (χ2v) is 6.01. The normalized spacial score (nSPS) is 10.7. The number of carbonyl (C=O) groups is 1. The van der Waals surface area contributed by atoms with Gasteiger partial charge in [-0.2, -0.15) is 0 Å². The number of para-hydroxylation sites is 1. The van der Waals surface area contributed by atoms with Gasteiger partial charge in [-0.3, -0.25) is 4.79 Å². The van der Waals surface area contributed by atoms with Crippen LogP contribution in [0, 0.1) is 6.92 Å². The lowest BCUT2D eigenvalue weighted by molar-refractivity contribution is 0.0712. The number of rotatable bonds is 7. The molecule has 136 valence electrons. The van der Waals surface area contributed by atoms with E-state index in [1.54, 1.807) is 36.1 Å². The first-order valence-electron chi connectivity index (χ1n) is 8.11. The topological polar surface area (TPSA) is 81.6 Å². The molecule has 3 aromatic rings. The van der Waals surface area contributed by atoms with Crippen molar-refractivity contribution >= 4 is 17.5 Å². The van der Waals surface area contributed by atoms with Crippen LogP contribution in [0.15, 0.2) is 45.4 Å². The van der Waals surface area contributed by atoms with E-state index in [-0.39, 0.29) is 18.3 Å². The highest BCUT2D eigenvalue weighted by Gasteiger charge is 2.21. The predicted octanol–water partition coefficient (Wildman–Crippen LogP) is 3.87. The smallest absolute Gasteiger partial charge is 0.289 e. The highest BCUT2D eigenvalue weighted by Crippen LogP contribution is 2.24. The maximum absolute atomic E-state index is 12.6. The van der Waals surface area contributed by atoms with Gasteiger partial charge in [-0.15, -0.1) is 0 Å². The summed E-state index contributed by atoms with van der Waals surface area (Å²) in [5.41, 5.74) is 1.28. The predicted molar refractivity (Wildman–Crippen MR) is 93.9 cm³/mol. The summed E-state index contributed by atoms with van der Waals surface area (Å²) in [7, 11) is 0. The Hall–Kier alpha value is -2.80. The number of aryl methyl sites for hydroxylation is 1.